The number of fused-ring (bicyclic) bond motifs is 3. The molecule has 1 aromatic carbocycles. The second-order valence-electron chi connectivity index (χ2n) is 14.9. The van der Waals surface area contributed by atoms with Gasteiger partial charge < -0.3 is 25.6 Å². The Morgan fingerprint density at radius 3 is 2.51 bits per heavy atom. The van der Waals surface area contributed by atoms with Crippen molar-refractivity contribution in [2.45, 2.75) is 113 Å². The fraction of sp³-hybridized carbons (Fsp3) is 0.571. The van der Waals surface area contributed by atoms with Gasteiger partial charge in [-0.05, 0) is 71.8 Å². The molecule has 5 amide bonds. The van der Waals surface area contributed by atoms with Crippen LogP contribution in [-0.2, 0) is 29.1 Å². The lowest BCUT2D eigenvalue weighted by Gasteiger charge is -2.30. The zero-order chi connectivity index (χ0) is 36.7. The van der Waals surface area contributed by atoms with Crippen LogP contribution in [0.5, 0.6) is 0 Å². The van der Waals surface area contributed by atoms with E-state index in [1.807, 2.05) is 36.4 Å². The summed E-state index contributed by atoms with van der Waals surface area (Å²) < 4.78 is 34.0. The number of benzene rings is 1. The zero-order valence-electron chi connectivity index (χ0n) is 28.8. The van der Waals surface area contributed by atoms with Gasteiger partial charge in [-0.3, -0.25) is 23.9 Å². The number of nitrogens with zero attached hydrogens (tertiary/aromatic N) is 1. The minimum atomic E-state index is -3.90. The topological polar surface area (TPSA) is 180 Å². The van der Waals surface area contributed by atoms with Crippen molar-refractivity contribution in [3.63, 3.8) is 0 Å². The number of hydrogen-bond donors (Lipinski definition) is 4. The van der Waals surface area contributed by atoms with E-state index in [0.717, 1.165) is 22.9 Å². The first-order valence-electron chi connectivity index (χ1n) is 17.4. The quantitative estimate of drug-likeness (QED) is 0.317. The Kier molecular flexibility index (Phi) is 10.5. The van der Waals surface area contributed by atoms with Crippen molar-refractivity contribution >= 4 is 72.8 Å². The number of amides is 5. The maximum absolute atomic E-state index is 14.3. The summed E-state index contributed by atoms with van der Waals surface area (Å²) in [6.07, 6.45) is 7.19. The molecule has 16 heteroatoms. The van der Waals surface area contributed by atoms with Crippen molar-refractivity contribution in [3.05, 3.63) is 46.3 Å². The Morgan fingerprint density at radius 1 is 1.06 bits per heavy atom. The molecule has 0 bridgehead atoms. The summed E-state index contributed by atoms with van der Waals surface area (Å²) in [5.74, 6) is -2.92. The molecule has 276 valence electrons. The summed E-state index contributed by atoms with van der Waals surface area (Å²) in [4.78, 5) is 70.3. The summed E-state index contributed by atoms with van der Waals surface area (Å²) in [6.45, 7) is 5.07. The monoisotopic (exact) mass is 761 g/mol. The van der Waals surface area contributed by atoms with Crippen LogP contribution in [0.2, 0.25) is 5.02 Å². The van der Waals surface area contributed by atoms with Gasteiger partial charge in [-0.15, -0.1) is 11.3 Å². The number of nitrogens with one attached hydrogen (secondary N) is 4. The van der Waals surface area contributed by atoms with Crippen LogP contribution >= 0.6 is 22.9 Å². The molecule has 2 aliphatic heterocycles. The van der Waals surface area contributed by atoms with E-state index in [1.165, 1.54) is 16.2 Å². The van der Waals surface area contributed by atoms with E-state index in [0.29, 0.717) is 35.6 Å². The molecular weight excluding hydrogens is 718 g/mol. The van der Waals surface area contributed by atoms with Crippen LogP contribution in [0.15, 0.2) is 36.4 Å². The van der Waals surface area contributed by atoms with Crippen molar-refractivity contribution < 1.29 is 37.1 Å². The molecule has 3 heterocycles. The zero-order valence-corrected chi connectivity index (χ0v) is 31.2. The lowest BCUT2D eigenvalue weighted by Crippen LogP contribution is -2.58. The van der Waals surface area contributed by atoms with Gasteiger partial charge in [0.2, 0.25) is 21.8 Å². The molecule has 5 atom stereocenters. The summed E-state index contributed by atoms with van der Waals surface area (Å²) in [5, 5.41) is 8.87. The Morgan fingerprint density at radius 2 is 1.80 bits per heavy atom. The van der Waals surface area contributed by atoms with Crippen molar-refractivity contribution in [1.82, 2.24) is 25.6 Å². The van der Waals surface area contributed by atoms with Crippen LogP contribution in [0.3, 0.4) is 0 Å². The van der Waals surface area contributed by atoms with E-state index >= 15 is 0 Å². The summed E-state index contributed by atoms with van der Waals surface area (Å²) in [7, 11) is -3.90. The molecule has 2 aliphatic carbocycles. The van der Waals surface area contributed by atoms with Gasteiger partial charge in [0, 0.05) is 28.6 Å². The van der Waals surface area contributed by atoms with Gasteiger partial charge in [-0.1, -0.05) is 54.8 Å². The van der Waals surface area contributed by atoms with Crippen molar-refractivity contribution in [2.24, 2.45) is 5.92 Å². The standard InChI is InChI=1S/C35H44ClN5O8S2/c1-34(2,3)49-33(46)38-24-13-8-6-4-5-7-11-20-18-35(20,32(45)40-51(47,48)22-15-16-22)39-29(42)25-17-21(19-41(25)31(24)44)37-30(43)28-27(36)23-12-9-10-14-26(23)50-28/h7,9-12,14,20-22,24-25H,4-6,8,13,15-19H2,1-3H3,(H,37,43)(H,38,46)(H,39,42)(H,40,45)/t20-,21-,24+,25+,35-/m1/s1. The van der Waals surface area contributed by atoms with Crippen LogP contribution in [0.25, 0.3) is 10.1 Å². The number of allylic oxidation sites excluding steroid dienone is 1. The highest BCUT2D eigenvalue weighted by molar-refractivity contribution is 7.91. The number of ether oxygens (including phenoxy) is 1. The molecule has 1 saturated heterocycles. The number of halogens is 1. The number of alkyl carbamates (subject to hydrolysis) is 1. The van der Waals surface area contributed by atoms with Gasteiger partial charge in [0.1, 0.15) is 28.1 Å². The molecule has 13 nitrogen and oxygen atoms in total. The molecular formula is C35H44ClN5O8S2. The number of thiophene rings is 1. The summed E-state index contributed by atoms with van der Waals surface area (Å²) in [5.41, 5.74) is -2.34. The highest BCUT2D eigenvalue weighted by atomic mass is 35.5. The summed E-state index contributed by atoms with van der Waals surface area (Å²) in [6, 6.07) is 4.48. The average Bonchev–Trinajstić information content (AvgIpc) is 3.96. The predicted molar refractivity (Wildman–Crippen MR) is 193 cm³/mol. The largest absolute Gasteiger partial charge is 0.444 e. The van der Waals surface area contributed by atoms with Gasteiger partial charge in [0.05, 0.1) is 10.3 Å². The minimum Gasteiger partial charge on any atom is -0.444 e. The lowest BCUT2D eigenvalue weighted by molar-refractivity contribution is -0.141. The fourth-order valence-corrected chi connectivity index (χ4v) is 9.55. The predicted octanol–water partition coefficient (Wildman–Crippen LogP) is 4.15. The number of rotatable bonds is 6. The molecule has 0 unspecified atom stereocenters. The van der Waals surface area contributed by atoms with Gasteiger partial charge in [-0.25, -0.2) is 13.2 Å². The normalized spacial score (nSPS) is 27.3. The number of sulfonamides is 1. The second kappa shape index (κ2) is 14.4. The molecule has 3 fully saturated rings. The average molecular weight is 762 g/mol. The molecule has 51 heavy (non-hydrogen) atoms. The number of hydrogen-bond acceptors (Lipinski definition) is 9. The first-order chi connectivity index (χ1) is 24.1. The molecule has 2 aromatic rings. The Balaban J connectivity index is 1.28. The van der Waals surface area contributed by atoms with Gasteiger partial charge in [-0.2, -0.15) is 0 Å². The minimum absolute atomic E-state index is 0.00353. The van der Waals surface area contributed by atoms with Crippen LogP contribution in [-0.4, -0.2) is 84.1 Å². The first-order valence-corrected chi connectivity index (χ1v) is 20.1. The van der Waals surface area contributed by atoms with E-state index in [9.17, 15) is 32.4 Å². The number of carbonyl (C=O) groups excluding carboxylic acids is 5. The molecule has 4 N–H and O–H groups in total. The van der Waals surface area contributed by atoms with Gasteiger partial charge >= 0.3 is 6.09 Å². The second-order valence-corrected chi connectivity index (χ2v) is 18.3. The van der Waals surface area contributed by atoms with Crippen molar-refractivity contribution in [1.29, 1.82) is 0 Å². The molecule has 1 aromatic heterocycles. The molecule has 4 aliphatic rings. The number of carbonyl (C=O) groups is 5. The smallest absolute Gasteiger partial charge is 0.408 e. The van der Waals surface area contributed by atoms with Crippen LogP contribution in [0, 0.1) is 5.92 Å². The Hall–Kier alpha value is -3.69. The van der Waals surface area contributed by atoms with E-state index in [1.54, 1.807) is 20.8 Å². The third kappa shape index (κ3) is 8.36. The molecule has 0 spiro atoms. The third-order valence-corrected chi connectivity index (χ3v) is 13.1. The third-order valence-electron chi connectivity index (χ3n) is 9.65. The Labute approximate surface area is 306 Å². The van der Waals surface area contributed by atoms with Crippen LogP contribution < -0.4 is 20.7 Å². The highest BCUT2D eigenvalue weighted by Gasteiger charge is 2.62. The highest BCUT2D eigenvalue weighted by Crippen LogP contribution is 2.46. The van der Waals surface area contributed by atoms with E-state index in [4.69, 9.17) is 16.3 Å². The Bertz CT molecular complexity index is 1870. The van der Waals surface area contributed by atoms with Gasteiger partial charge in [0.25, 0.3) is 11.8 Å². The van der Waals surface area contributed by atoms with E-state index in [2.05, 4.69) is 20.7 Å². The molecule has 2 saturated carbocycles. The van der Waals surface area contributed by atoms with E-state index < -0.39 is 80.2 Å². The maximum Gasteiger partial charge on any atom is 0.408 e. The SMILES string of the molecule is CC(C)(C)OC(=O)N[C@H]1CCCCCC=C[C@@H]2C[C@@]2(C(=O)NS(=O)(=O)C2CC2)NC(=O)[C@@H]2C[C@@H](NC(=O)c3sc4ccccc4c3Cl)CN2C1=O. The van der Waals surface area contributed by atoms with Gasteiger partial charge in [0.15, 0.2) is 0 Å². The van der Waals surface area contributed by atoms with E-state index in [-0.39, 0.29) is 25.8 Å². The summed E-state index contributed by atoms with van der Waals surface area (Å²) >= 11 is 7.82. The maximum atomic E-state index is 14.3. The first kappa shape index (κ1) is 37.1. The van der Waals surface area contributed by atoms with Crippen LogP contribution in [0.4, 0.5) is 4.79 Å². The van der Waals surface area contributed by atoms with Crippen molar-refractivity contribution in [3.8, 4) is 0 Å². The van der Waals surface area contributed by atoms with Crippen LogP contribution in [0.1, 0.15) is 88.2 Å². The lowest BCUT2D eigenvalue weighted by atomic mass is 10.0. The molecule has 0 radical (unpaired) electrons. The fourth-order valence-electron chi connectivity index (χ4n) is 6.77. The molecule has 6 rings (SSSR count). The van der Waals surface area contributed by atoms with Crippen molar-refractivity contribution in [2.75, 3.05) is 6.54 Å².